The molecule has 0 radical (unpaired) electrons. The van der Waals surface area contributed by atoms with Crippen LogP contribution in [0.3, 0.4) is 0 Å². The number of nitrogens with two attached hydrogens (primary N) is 1. The molecule has 0 atom stereocenters. The number of carbonyl (C=O) groups is 1. The number of para-hydroxylation sites is 1. The highest BCUT2D eigenvalue weighted by atomic mass is 16.5. The van der Waals surface area contributed by atoms with Crippen LogP contribution in [0, 0.1) is 22.7 Å². The summed E-state index contributed by atoms with van der Waals surface area (Å²) in [6.07, 6.45) is 3.07. The van der Waals surface area contributed by atoms with E-state index in [9.17, 15) is 20.1 Å². The van der Waals surface area contributed by atoms with E-state index in [1.807, 2.05) is 12.1 Å². The minimum atomic E-state index is -0.687. The van der Waals surface area contributed by atoms with E-state index in [0.717, 1.165) is 19.3 Å². The number of hydrogen-bond acceptors (Lipinski definition) is 6. The van der Waals surface area contributed by atoms with E-state index in [2.05, 4.69) is 4.98 Å². The largest absolute Gasteiger partial charge is 0.483 e. The minimum absolute atomic E-state index is 0.0189. The Hall–Kier alpha value is -3.78. The number of aromatic amines is 1. The van der Waals surface area contributed by atoms with Crippen LogP contribution in [0.15, 0.2) is 29.1 Å². The monoisotopic (exact) mass is 377 g/mol. The number of carbonyl (C=O) groups excluding carboxylic acids is 1. The Labute approximate surface area is 161 Å². The van der Waals surface area contributed by atoms with Crippen LogP contribution in [0.5, 0.6) is 5.75 Å². The Morgan fingerprint density at radius 3 is 2.50 bits per heavy atom. The molecule has 1 aliphatic heterocycles. The second-order valence-electron chi connectivity index (χ2n) is 6.44. The first-order valence-electron chi connectivity index (χ1n) is 8.92. The van der Waals surface area contributed by atoms with Gasteiger partial charge in [-0.15, -0.1) is 0 Å². The molecule has 2 aromatic rings. The van der Waals surface area contributed by atoms with Crippen LogP contribution in [0.2, 0.25) is 0 Å². The molecule has 1 amide bonds. The van der Waals surface area contributed by atoms with E-state index in [4.69, 9.17) is 10.5 Å². The second-order valence-corrected chi connectivity index (χ2v) is 6.44. The summed E-state index contributed by atoms with van der Waals surface area (Å²) in [4.78, 5) is 28.6. The third-order valence-corrected chi connectivity index (χ3v) is 4.68. The third-order valence-electron chi connectivity index (χ3n) is 4.68. The van der Waals surface area contributed by atoms with Crippen LogP contribution >= 0.6 is 0 Å². The summed E-state index contributed by atoms with van der Waals surface area (Å²) >= 11 is 0. The molecule has 0 bridgehead atoms. The average Bonchev–Trinajstić information content (AvgIpc) is 2.72. The quantitative estimate of drug-likeness (QED) is 0.833. The number of likely N-dealkylation sites (tertiary alicyclic amines) is 1. The van der Waals surface area contributed by atoms with Gasteiger partial charge in [0.1, 0.15) is 34.8 Å². The molecular weight excluding hydrogens is 358 g/mol. The summed E-state index contributed by atoms with van der Waals surface area (Å²) in [5.74, 6) is 0.0486. The van der Waals surface area contributed by atoms with Gasteiger partial charge in [-0.2, -0.15) is 10.5 Å². The van der Waals surface area contributed by atoms with Crippen molar-refractivity contribution in [1.29, 1.82) is 10.5 Å². The number of piperidine rings is 1. The number of amides is 1. The average molecular weight is 377 g/mol. The van der Waals surface area contributed by atoms with Crippen molar-refractivity contribution in [2.24, 2.45) is 0 Å². The fraction of sp³-hybridized carbons (Fsp3) is 0.300. The van der Waals surface area contributed by atoms with E-state index in [1.54, 1.807) is 29.2 Å². The number of anilines is 1. The third kappa shape index (κ3) is 3.67. The molecule has 0 saturated carbocycles. The smallest absolute Gasteiger partial charge is 0.268 e. The van der Waals surface area contributed by atoms with E-state index in [-0.39, 0.29) is 35.0 Å². The van der Waals surface area contributed by atoms with Gasteiger partial charge in [0, 0.05) is 24.2 Å². The zero-order valence-electron chi connectivity index (χ0n) is 15.2. The number of aromatic nitrogens is 1. The normalized spacial score (nSPS) is 13.4. The number of ether oxygens (including phenoxy) is 1. The van der Waals surface area contributed by atoms with Crippen molar-refractivity contribution in [3.8, 4) is 29.0 Å². The van der Waals surface area contributed by atoms with Gasteiger partial charge in [-0.1, -0.05) is 18.2 Å². The molecule has 3 N–H and O–H groups in total. The van der Waals surface area contributed by atoms with Gasteiger partial charge in [0.05, 0.1) is 0 Å². The van der Waals surface area contributed by atoms with Gasteiger partial charge in [-0.3, -0.25) is 9.59 Å². The molecule has 0 unspecified atom stereocenters. The number of rotatable bonds is 4. The molecule has 0 spiro atoms. The summed E-state index contributed by atoms with van der Waals surface area (Å²) in [6.45, 7) is 1.26. The zero-order chi connectivity index (χ0) is 20.1. The Kier molecular flexibility index (Phi) is 5.61. The van der Waals surface area contributed by atoms with E-state index < -0.39 is 5.56 Å². The Morgan fingerprint density at radius 1 is 1.14 bits per heavy atom. The van der Waals surface area contributed by atoms with Gasteiger partial charge in [0.25, 0.3) is 11.5 Å². The first-order chi connectivity index (χ1) is 13.6. The number of benzene rings is 1. The number of pyridine rings is 1. The van der Waals surface area contributed by atoms with Crippen molar-refractivity contribution >= 4 is 11.7 Å². The van der Waals surface area contributed by atoms with Crippen LogP contribution < -0.4 is 16.0 Å². The zero-order valence-corrected chi connectivity index (χ0v) is 15.2. The number of H-pyrrole nitrogens is 1. The number of hydrogen-bond donors (Lipinski definition) is 2. The SMILES string of the molecule is N#Cc1c(N)[nH]c(=O)c(C#N)c1-c1ccccc1OCC(=O)N1CCCCC1. The van der Waals surface area contributed by atoms with Crippen molar-refractivity contribution < 1.29 is 9.53 Å². The molecule has 8 heteroatoms. The molecular formula is C20H19N5O3. The molecule has 0 aliphatic carbocycles. The van der Waals surface area contributed by atoms with Gasteiger partial charge in [-0.25, -0.2) is 0 Å². The lowest BCUT2D eigenvalue weighted by molar-refractivity contribution is -0.134. The predicted molar refractivity (Wildman–Crippen MR) is 102 cm³/mol. The van der Waals surface area contributed by atoms with Gasteiger partial charge >= 0.3 is 0 Å². The van der Waals surface area contributed by atoms with Gasteiger partial charge < -0.3 is 20.4 Å². The molecule has 3 rings (SSSR count). The molecule has 1 saturated heterocycles. The highest BCUT2D eigenvalue weighted by Crippen LogP contribution is 2.35. The Bertz CT molecular complexity index is 1040. The summed E-state index contributed by atoms with van der Waals surface area (Å²) in [5, 5.41) is 18.9. The lowest BCUT2D eigenvalue weighted by Crippen LogP contribution is -2.38. The standard InChI is InChI=1S/C20H19N5O3/c21-10-14-18(15(11-22)20(27)24-19(14)23)13-6-2-3-7-16(13)28-12-17(26)25-8-4-1-5-9-25/h2-3,6-7H,1,4-5,8-9,12H2,(H3,23,24,27). The lowest BCUT2D eigenvalue weighted by Gasteiger charge is -2.26. The summed E-state index contributed by atoms with van der Waals surface area (Å²) in [7, 11) is 0. The molecule has 2 heterocycles. The fourth-order valence-corrected chi connectivity index (χ4v) is 3.29. The van der Waals surface area contributed by atoms with Crippen molar-refractivity contribution in [2.75, 3.05) is 25.4 Å². The van der Waals surface area contributed by atoms with Crippen LogP contribution in [0.1, 0.15) is 30.4 Å². The number of nitrogen functional groups attached to an aromatic ring is 1. The lowest BCUT2D eigenvalue weighted by atomic mass is 9.96. The van der Waals surface area contributed by atoms with Crippen LogP contribution in [0.4, 0.5) is 5.82 Å². The highest BCUT2D eigenvalue weighted by molar-refractivity contribution is 5.84. The maximum Gasteiger partial charge on any atom is 0.268 e. The van der Waals surface area contributed by atoms with Crippen LogP contribution in [-0.4, -0.2) is 35.5 Å². The minimum Gasteiger partial charge on any atom is -0.483 e. The molecule has 1 aliphatic rings. The maximum absolute atomic E-state index is 12.4. The van der Waals surface area contributed by atoms with Crippen LogP contribution in [-0.2, 0) is 4.79 Å². The first-order valence-corrected chi connectivity index (χ1v) is 8.92. The number of nitriles is 2. The van der Waals surface area contributed by atoms with Gasteiger partial charge in [-0.05, 0) is 25.3 Å². The Morgan fingerprint density at radius 2 is 1.82 bits per heavy atom. The Balaban J connectivity index is 1.98. The number of nitrogens with zero attached hydrogens (tertiary/aromatic N) is 3. The molecule has 142 valence electrons. The summed E-state index contributed by atoms with van der Waals surface area (Å²) in [5.41, 5.74) is 5.30. The van der Waals surface area contributed by atoms with Crippen LogP contribution in [0.25, 0.3) is 11.1 Å². The second kappa shape index (κ2) is 8.28. The molecule has 1 aromatic heterocycles. The topological polar surface area (TPSA) is 136 Å². The molecule has 1 aromatic carbocycles. The first kappa shape index (κ1) is 19.0. The van der Waals surface area contributed by atoms with E-state index in [1.165, 1.54) is 0 Å². The molecule has 8 nitrogen and oxygen atoms in total. The van der Waals surface area contributed by atoms with Gasteiger partial charge in [0.15, 0.2) is 6.61 Å². The maximum atomic E-state index is 12.4. The van der Waals surface area contributed by atoms with Crippen molar-refractivity contribution in [3.05, 3.63) is 45.7 Å². The molecule has 1 fully saturated rings. The van der Waals surface area contributed by atoms with E-state index in [0.29, 0.717) is 24.4 Å². The van der Waals surface area contributed by atoms with Crippen molar-refractivity contribution in [2.45, 2.75) is 19.3 Å². The van der Waals surface area contributed by atoms with Crippen molar-refractivity contribution in [1.82, 2.24) is 9.88 Å². The summed E-state index contributed by atoms with van der Waals surface area (Å²) < 4.78 is 5.72. The number of nitrogens with one attached hydrogen (secondary N) is 1. The molecule has 28 heavy (non-hydrogen) atoms. The highest BCUT2D eigenvalue weighted by Gasteiger charge is 2.22. The van der Waals surface area contributed by atoms with Gasteiger partial charge in [0.2, 0.25) is 0 Å². The van der Waals surface area contributed by atoms with Crippen molar-refractivity contribution in [3.63, 3.8) is 0 Å². The summed E-state index contributed by atoms with van der Waals surface area (Å²) in [6, 6.07) is 10.4. The fourth-order valence-electron chi connectivity index (χ4n) is 3.29. The van der Waals surface area contributed by atoms with E-state index >= 15 is 0 Å². The predicted octanol–water partition coefficient (Wildman–Crippen LogP) is 1.76.